The van der Waals surface area contributed by atoms with Crippen LogP contribution in [0.3, 0.4) is 0 Å². The van der Waals surface area contributed by atoms with Gasteiger partial charge in [-0.05, 0) is 98.8 Å². The Morgan fingerprint density at radius 1 is 0.524 bits per heavy atom. The summed E-state index contributed by atoms with van der Waals surface area (Å²) in [6.45, 7) is 22.8. The molecule has 0 unspecified atom stereocenters. The number of aromatic nitrogens is 4. The topological polar surface area (TPSA) is 35.9 Å². The zero-order valence-electron chi connectivity index (χ0n) is 38.4. The van der Waals surface area contributed by atoms with Crippen molar-refractivity contribution < 1.29 is 9.30 Å². The van der Waals surface area contributed by atoms with Crippen LogP contribution in [0.15, 0.2) is 170 Å². The van der Waals surface area contributed by atoms with E-state index in [4.69, 9.17) is 9.72 Å². The third-order valence-electron chi connectivity index (χ3n) is 12.9. The lowest BCUT2D eigenvalue weighted by atomic mass is 9.76. The van der Waals surface area contributed by atoms with E-state index in [2.05, 4.69) is 243 Å². The molecule has 316 valence electrons. The van der Waals surface area contributed by atoms with Gasteiger partial charge in [0.25, 0.3) is 6.33 Å². The van der Waals surface area contributed by atoms with Gasteiger partial charge in [0, 0.05) is 46.3 Å². The molecule has 5 nitrogen and oxygen atoms in total. The molecular weight excluding hydrogens is 769 g/mol. The van der Waals surface area contributed by atoms with Crippen molar-refractivity contribution in [1.29, 1.82) is 0 Å². The predicted octanol–water partition coefficient (Wildman–Crippen LogP) is 14.1. The molecule has 0 spiro atoms. The SMILES string of the molecule is CC(C)(C)c1cc(-[n+]2[c-]n(-c3cccc(Oc4cc(C(C)(C)c5ccccc5)c5c6ccccc6n(-c6cc(C(C)(C)c7ccccc7)ccn6)c5c4)c3)cc2)cc(C(C)(C)C)c1. The van der Waals surface area contributed by atoms with E-state index in [1.807, 2.05) is 16.8 Å². The van der Waals surface area contributed by atoms with Gasteiger partial charge in [-0.2, -0.15) is 0 Å². The molecule has 0 radical (unpaired) electrons. The van der Waals surface area contributed by atoms with Gasteiger partial charge in [-0.15, -0.1) is 0 Å². The number of nitrogens with zero attached hydrogens (tertiary/aromatic N) is 4. The second kappa shape index (κ2) is 15.6. The first-order chi connectivity index (χ1) is 30.0. The van der Waals surface area contributed by atoms with Crippen molar-refractivity contribution in [2.45, 2.75) is 90.9 Å². The molecule has 0 bridgehead atoms. The lowest BCUT2D eigenvalue weighted by Gasteiger charge is -2.28. The summed E-state index contributed by atoms with van der Waals surface area (Å²) < 4.78 is 13.4. The molecule has 0 N–H and O–H groups in total. The number of para-hydroxylation sites is 1. The molecular formula is C58H58N4O. The Kier molecular flexibility index (Phi) is 10.3. The molecule has 0 saturated heterocycles. The normalized spacial score (nSPS) is 12.6. The van der Waals surface area contributed by atoms with Crippen LogP contribution in [0.2, 0.25) is 0 Å². The monoisotopic (exact) mass is 826 g/mol. The maximum absolute atomic E-state index is 6.97. The summed E-state index contributed by atoms with van der Waals surface area (Å²) in [5, 5.41) is 2.36. The molecule has 0 aliphatic heterocycles. The van der Waals surface area contributed by atoms with Crippen LogP contribution in [0.25, 0.3) is 39.0 Å². The summed E-state index contributed by atoms with van der Waals surface area (Å²) in [7, 11) is 0. The van der Waals surface area contributed by atoms with Crippen LogP contribution in [0.1, 0.15) is 103 Å². The first-order valence-corrected chi connectivity index (χ1v) is 22.1. The minimum atomic E-state index is -0.370. The van der Waals surface area contributed by atoms with Crippen LogP contribution in [0.5, 0.6) is 11.5 Å². The van der Waals surface area contributed by atoms with Gasteiger partial charge < -0.3 is 4.74 Å². The first kappa shape index (κ1) is 41.6. The maximum atomic E-state index is 6.97. The smallest absolute Gasteiger partial charge is 0.268 e. The standard InChI is InChI=1S/C58H58N4O/c1-55(2,3)43-32-44(56(4,5)6)34-46(33-43)61-31-30-60(39-61)45-24-19-25-47(36-45)63-48-37-50(58(9,10)41-22-15-12-16-23-41)54-49-26-17-18-27-51(49)62(52(54)38-48)53-35-42(28-29-59-53)57(7,8)40-20-13-11-14-21-40/h11-38H,1-10H3. The summed E-state index contributed by atoms with van der Waals surface area (Å²) >= 11 is 0. The van der Waals surface area contributed by atoms with Gasteiger partial charge in [-0.3, -0.25) is 13.7 Å². The second-order valence-electron chi connectivity index (χ2n) is 20.1. The Morgan fingerprint density at radius 2 is 1.16 bits per heavy atom. The van der Waals surface area contributed by atoms with Crippen LogP contribution in [-0.2, 0) is 21.7 Å². The highest BCUT2D eigenvalue weighted by Crippen LogP contribution is 2.45. The molecule has 6 aromatic carbocycles. The quantitative estimate of drug-likeness (QED) is 0.107. The van der Waals surface area contributed by atoms with E-state index in [9.17, 15) is 0 Å². The van der Waals surface area contributed by atoms with Crippen LogP contribution in [-0.4, -0.2) is 14.1 Å². The lowest BCUT2D eigenvalue weighted by molar-refractivity contribution is -0.599. The minimum Gasteiger partial charge on any atom is -0.458 e. The molecule has 0 fully saturated rings. The van der Waals surface area contributed by atoms with Gasteiger partial charge in [0.05, 0.1) is 22.4 Å². The molecule has 63 heavy (non-hydrogen) atoms. The van der Waals surface area contributed by atoms with E-state index in [1.54, 1.807) is 0 Å². The molecule has 3 aromatic heterocycles. The number of benzene rings is 6. The first-order valence-electron chi connectivity index (χ1n) is 22.1. The van der Waals surface area contributed by atoms with E-state index < -0.39 is 0 Å². The average molecular weight is 827 g/mol. The van der Waals surface area contributed by atoms with Crippen molar-refractivity contribution in [3.63, 3.8) is 0 Å². The van der Waals surface area contributed by atoms with E-state index in [-0.39, 0.29) is 21.7 Å². The fraction of sp³-hybridized carbons (Fsp3) is 0.241. The molecule has 0 aliphatic carbocycles. The van der Waals surface area contributed by atoms with E-state index in [1.165, 1.54) is 44.2 Å². The number of pyridine rings is 1. The summed E-state index contributed by atoms with van der Waals surface area (Å²) in [5.41, 5.74) is 11.1. The Hall–Kier alpha value is -6.72. The van der Waals surface area contributed by atoms with E-state index in [0.717, 1.165) is 39.7 Å². The Bertz CT molecular complexity index is 3070. The highest BCUT2D eigenvalue weighted by Gasteiger charge is 2.30. The Labute approximate surface area is 373 Å². The number of rotatable bonds is 9. The molecule has 0 aliphatic rings. The number of ether oxygens (including phenoxy) is 1. The molecule has 3 heterocycles. The van der Waals surface area contributed by atoms with Gasteiger partial charge in [0.2, 0.25) is 0 Å². The number of hydrogen-bond acceptors (Lipinski definition) is 2. The van der Waals surface area contributed by atoms with Gasteiger partial charge in [-0.1, -0.05) is 160 Å². The lowest BCUT2D eigenvalue weighted by Crippen LogP contribution is -2.30. The zero-order chi connectivity index (χ0) is 44.3. The third kappa shape index (κ3) is 7.86. The summed E-state index contributed by atoms with van der Waals surface area (Å²) in [4.78, 5) is 5.07. The summed E-state index contributed by atoms with van der Waals surface area (Å²) in [5.74, 6) is 2.36. The molecule has 9 rings (SSSR count). The van der Waals surface area contributed by atoms with Crippen LogP contribution in [0.4, 0.5) is 0 Å². The van der Waals surface area contributed by atoms with Gasteiger partial charge in [-0.25, -0.2) is 4.98 Å². The largest absolute Gasteiger partial charge is 0.458 e. The average Bonchev–Trinajstić information content (AvgIpc) is 3.90. The van der Waals surface area contributed by atoms with Crippen molar-refractivity contribution >= 4 is 21.8 Å². The van der Waals surface area contributed by atoms with Crippen molar-refractivity contribution in [1.82, 2.24) is 14.1 Å². The van der Waals surface area contributed by atoms with Crippen LogP contribution >= 0.6 is 0 Å². The van der Waals surface area contributed by atoms with Crippen molar-refractivity contribution in [3.8, 4) is 28.7 Å². The summed E-state index contributed by atoms with van der Waals surface area (Å²) in [6.07, 6.45) is 9.69. The zero-order valence-corrected chi connectivity index (χ0v) is 38.4. The number of hydrogen-bond donors (Lipinski definition) is 0. The molecule has 9 aromatic rings. The molecule has 0 atom stereocenters. The van der Waals surface area contributed by atoms with E-state index in [0.29, 0.717) is 0 Å². The third-order valence-corrected chi connectivity index (χ3v) is 12.9. The van der Waals surface area contributed by atoms with Crippen molar-refractivity contribution in [2.24, 2.45) is 0 Å². The molecule has 5 heteroatoms. The van der Waals surface area contributed by atoms with E-state index >= 15 is 0 Å². The number of imidazole rings is 1. The second-order valence-corrected chi connectivity index (χ2v) is 20.1. The molecule has 0 amide bonds. The Morgan fingerprint density at radius 3 is 1.83 bits per heavy atom. The van der Waals surface area contributed by atoms with Crippen LogP contribution in [0, 0.1) is 6.33 Å². The van der Waals surface area contributed by atoms with Gasteiger partial charge >= 0.3 is 0 Å². The van der Waals surface area contributed by atoms with Gasteiger partial charge in [0.1, 0.15) is 17.3 Å². The minimum absolute atomic E-state index is 0.0121. The highest BCUT2D eigenvalue weighted by atomic mass is 16.5. The summed E-state index contributed by atoms with van der Waals surface area (Å²) in [6, 6.07) is 54.2. The number of fused-ring (bicyclic) bond motifs is 3. The van der Waals surface area contributed by atoms with Crippen LogP contribution < -0.4 is 9.30 Å². The highest BCUT2D eigenvalue weighted by molar-refractivity contribution is 6.11. The molecule has 0 saturated carbocycles. The Balaban J connectivity index is 1.17. The maximum Gasteiger partial charge on any atom is 0.268 e. The predicted molar refractivity (Wildman–Crippen MR) is 259 cm³/mol. The fourth-order valence-corrected chi connectivity index (χ4v) is 8.88. The van der Waals surface area contributed by atoms with Gasteiger partial charge in [0.15, 0.2) is 0 Å². The van der Waals surface area contributed by atoms with Crippen molar-refractivity contribution in [3.05, 3.63) is 210 Å². The fourth-order valence-electron chi connectivity index (χ4n) is 8.88. The van der Waals surface area contributed by atoms with Crippen molar-refractivity contribution in [2.75, 3.05) is 0 Å².